The van der Waals surface area contributed by atoms with Crippen LogP contribution in [0.3, 0.4) is 0 Å². The summed E-state index contributed by atoms with van der Waals surface area (Å²) in [5.41, 5.74) is 1.16. The number of fused-ring (bicyclic) bond motifs is 1. The average molecular weight is 457 g/mol. The summed E-state index contributed by atoms with van der Waals surface area (Å²) >= 11 is 0. The number of anilines is 3. The molecular weight excluding hydrogens is 439 g/mol. The van der Waals surface area contributed by atoms with Crippen molar-refractivity contribution in [2.24, 2.45) is 7.05 Å². The highest BCUT2D eigenvalue weighted by Crippen LogP contribution is 2.31. The summed E-state index contributed by atoms with van der Waals surface area (Å²) in [6, 6.07) is 13.2. The van der Waals surface area contributed by atoms with Crippen molar-refractivity contribution in [3.8, 4) is 11.5 Å². The van der Waals surface area contributed by atoms with Crippen molar-refractivity contribution in [1.82, 2.24) is 14.5 Å². The van der Waals surface area contributed by atoms with Crippen LogP contribution in [0, 0.1) is 0 Å². The number of methoxy groups -OCH3 is 1. The van der Waals surface area contributed by atoms with E-state index in [2.05, 4.69) is 25.3 Å². The Balaban J connectivity index is 1.53. The lowest BCUT2D eigenvalue weighted by molar-refractivity contribution is -0.137. The van der Waals surface area contributed by atoms with Crippen LogP contribution < -0.4 is 15.4 Å². The Morgan fingerprint density at radius 3 is 2.45 bits per heavy atom. The Kier molecular flexibility index (Phi) is 5.78. The highest BCUT2D eigenvalue weighted by molar-refractivity contribution is 5.83. The molecule has 2 aromatic heterocycles. The number of amides is 1. The molecule has 0 spiro atoms. The molecule has 2 aromatic carbocycles. The van der Waals surface area contributed by atoms with Gasteiger partial charge in [-0.3, -0.25) is 5.32 Å². The van der Waals surface area contributed by atoms with Crippen molar-refractivity contribution in [2.45, 2.75) is 6.18 Å². The first-order valence-electron chi connectivity index (χ1n) is 9.62. The minimum Gasteiger partial charge on any atom is -0.457 e. The number of aromatic nitrogens is 3. The van der Waals surface area contributed by atoms with Crippen molar-refractivity contribution in [2.75, 3.05) is 17.7 Å². The van der Waals surface area contributed by atoms with Crippen LogP contribution in [-0.4, -0.2) is 27.7 Å². The molecule has 0 saturated heterocycles. The molecule has 0 fully saturated rings. The van der Waals surface area contributed by atoms with E-state index in [0.717, 1.165) is 17.6 Å². The molecule has 170 valence electrons. The second-order valence-electron chi connectivity index (χ2n) is 6.94. The maximum absolute atomic E-state index is 12.8. The van der Waals surface area contributed by atoms with E-state index in [1.165, 1.54) is 31.5 Å². The topological polar surface area (TPSA) is 90.3 Å². The minimum absolute atomic E-state index is 0.265. The number of imidazole rings is 1. The maximum atomic E-state index is 12.8. The lowest BCUT2D eigenvalue weighted by Crippen LogP contribution is -2.11. The quantitative estimate of drug-likeness (QED) is 0.400. The van der Waals surface area contributed by atoms with Gasteiger partial charge in [-0.05, 0) is 42.5 Å². The highest BCUT2D eigenvalue weighted by atomic mass is 19.4. The Hall–Kier alpha value is -4.28. The van der Waals surface area contributed by atoms with Gasteiger partial charge in [0.25, 0.3) is 0 Å². The normalized spacial score (nSPS) is 11.3. The van der Waals surface area contributed by atoms with Gasteiger partial charge >= 0.3 is 12.3 Å². The number of aryl methyl sites for hydroxylation is 1. The Morgan fingerprint density at radius 2 is 1.76 bits per heavy atom. The maximum Gasteiger partial charge on any atom is 0.416 e. The number of benzene rings is 2. The van der Waals surface area contributed by atoms with E-state index in [9.17, 15) is 18.0 Å². The number of nitrogens with zero attached hydrogens (tertiary/aromatic N) is 3. The average Bonchev–Trinajstić information content (AvgIpc) is 3.08. The summed E-state index contributed by atoms with van der Waals surface area (Å²) in [6.07, 6.45) is -3.56. The first-order valence-corrected chi connectivity index (χ1v) is 9.62. The molecule has 4 rings (SSSR count). The zero-order valence-corrected chi connectivity index (χ0v) is 17.5. The van der Waals surface area contributed by atoms with E-state index in [0.29, 0.717) is 28.7 Å². The number of halogens is 3. The zero-order valence-electron chi connectivity index (χ0n) is 17.5. The van der Waals surface area contributed by atoms with Gasteiger partial charge in [0.2, 0.25) is 5.95 Å². The SMILES string of the molecule is COC(=O)Nc1cc(Oc2ccc3c(c2)nc(Nc2ccc(C(F)(F)F)cc2)n3C)ccn1. The van der Waals surface area contributed by atoms with E-state index in [1.54, 1.807) is 29.8 Å². The number of ether oxygens (including phenoxy) is 2. The predicted octanol–water partition coefficient (Wildman–Crippen LogP) is 5.70. The van der Waals surface area contributed by atoms with Crippen LogP contribution in [-0.2, 0) is 18.0 Å². The molecule has 1 amide bonds. The van der Waals surface area contributed by atoms with Crippen LogP contribution in [0.15, 0.2) is 60.8 Å². The van der Waals surface area contributed by atoms with E-state index < -0.39 is 17.8 Å². The molecule has 11 heteroatoms. The highest BCUT2D eigenvalue weighted by Gasteiger charge is 2.30. The standard InChI is InChI=1S/C22H18F3N5O3/c1-30-18-8-7-15(33-16-9-10-26-19(12-16)29-21(31)32-2)11-17(18)28-20(30)27-14-5-3-13(4-6-14)22(23,24)25/h3-12H,1-2H3,(H,27,28)(H,26,29,31). The van der Waals surface area contributed by atoms with Gasteiger partial charge in [-0.15, -0.1) is 0 Å². The lowest BCUT2D eigenvalue weighted by Gasteiger charge is -2.09. The molecule has 8 nitrogen and oxygen atoms in total. The first kappa shape index (κ1) is 21.9. The second-order valence-corrected chi connectivity index (χ2v) is 6.94. The molecule has 0 radical (unpaired) electrons. The number of carbonyl (C=O) groups is 1. The van der Waals surface area contributed by atoms with E-state index in [-0.39, 0.29) is 5.82 Å². The van der Waals surface area contributed by atoms with Gasteiger partial charge in [-0.1, -0.05) is 0 Å². The van der Waals surface area contributed by atoms with Gasteiger partial charge in [0.05, 0.1) is 23.7 Å². The van der Waals surface area contributed by atoms with Gasteiger partial charge in [0, 0.05) is 31.1 Å². The van der Waals surface area contributed by atoms with Crippen molar-refractivity contribution in [1.29, 1.82) is 0 Å². The number of carbonyl (C=O) groups excluding carboxylic acids is 1. The van der Waals surface area contributed by atoms with Crippen molar-refractivity contribution in [3.05, 3.63) is 66.4 Å². The molecule has 0 unspecified atom stereocenters. The summed E-state index contributed by atoms with van der Waals surface area (Å²) in [6.45, 7) is 0. The lowest BCUT2D eigenvalue weighted by atomic mass is 10.2. The molecule has 0 atom stereocenters. The largest absolute Gasteiger partial charge is 0.457 e. The van der Waals surface area contributed by atoms with Crippen molar-refractivity contribution in [3.63, 3.8) is 0 Å². The summed E-state index contributed by atoms with van der Waals surface area (Å²) in [4.78, 5) is 19.9. The van der Waals surface area contributed by atoms with Crippen LogP contribution in [0.2, 0.25) is 0 Å². The molecule has 0 saturated carbocycles. The molecule has 33 heavy (non-hydrogen) atoms. The summed E-state index contributed by atoms with van der Waals surface area (Å²) < 4.78 is 50.5. The van der Waals surface area contributed by atoms with E-state index >= 15 is 0 Å². The number of nitrogens with one attached hydrogen (secondary N) is 2. The van der Waals surface area contributed by atoms with Gasteiger partial charge < -0.3 is 19.4 Å². The van der Waals surface area contributed by atoms with E-state index in [4.69, 9.17) is 4.74 Å². The van der Waals surface area contributed by atoms with Gasteiger partial charge in [0.15, 0.2) is 0 Å². The van der Waals surface area contributed by atoms with Gasteiger partial charge in [-0.25, -0.2) is 14.8 Å². The molecule has 0 aliphatic rings. The second kappa shape index (κ2) is 8.69. The molecule has 2 N–H and O–H groups in total. The third-order valence-electron chi connectivity index (χ3n) is 4.70. The molecule has 0 aliphatic heterocycles. The van der Waals surface area contributed by atoms with Crippen LogP contribution in [0.1, 0.15) is 5.56 Å². The van der Waals surface area contributed by atoms with Crippen LogP contribution >= 0.6 is 0 Å². The fourth-order valence-electron chi connectivity index (χ4n) is 3.06. The summed E-state index contributed by atoms with van der Waals surface area (Å²) in [5, 5.41) is 5.48. The van der Waals surface area contributed by atoms with Crippen LogP contribution in [0.25, 0.3) is 11.0 Å². The molecule has 0 bridgehead atoms. The Labute approximate surface area is 186 Å². The predicted molar refractivity (Wildman–Crippen MR) is 116 cm³/mol. The van der Waals surface area contributed by atoms with Crippen LogP contribution in [0.5, 0.6) is 11.5 Å². The number of alkyl halides is 3. The number of rotatable bonds is 5. The van der Waals surface area contributed by atoms with Crippen molar-refractivity contribution >= 4 is 34.6 Å². The number of hydrogen-bond donors (Lipinski definition) is 2. The third-order valence-corrected chi connectivity index (χ3v) is 4.70. The fraction of sp³-hybridized carbons (Fsp3) is 0.136. The minimum atomic E-state index is -4.39. The molecule has 0 aliphatic carbocycles. The number of pyridine rings is 1. The smallest absolute Gasteiger partial charge is 0.416 e. The molecule has 4 aromatic rings. The van der Waals surface area contributed by atoms with E-state index in [1.807, 2.05) is 6.07 Å². The molecule has 2 heterocycles. The number of hydrogen-bond acceptors (Lipinski definition) is 6. The third kappa shape index (κ3) is 4.97. The summed E-state index contributed by atoms with van der Waals surface area (Å²) in [5.74, 6) is 1.66. The van der Waals surface area contributed by atoms with Gasteiger partial charge in [-0.2, -0.15) is 13.2 Å². The zero-order chi connectivity index (χ0) is 23.6. The van der Waals surface area contributed by atoms with Crippen molar-refractivity contribution < 1.29 is 27.4 Å². The fourth-order valence-corrected chi connectivity index (χ4v) is 3.06. The Bertz CT molecular complexity index is 1300. The Morgan fingerprint density at radius 1 is 1.03 bits per heavy atom. The first-order chi connectivity index (χ1) is 15.7. The summed E-state index contributed by atoms with van der Waals surface area (Å²) in [7, 11) is 3.04. The molecular formula is C22H18F3N5O3. The van der Waals surface area contributed by atoms with Gasteiger partial charge in [0.1, 0.15) is 17.3 Å². The monoisotopic (exact) mass is 457 g/mol. The van der Waals surface area contributed by atoms with Crippen LogP contribution in [0.4, 0.5) is 35.4 Å².